The smallest absolute Gasteiger partial charge is 0.251 e. The Balaban J connectivity index is 1.80. The van der Waals surface area contributed by atoms with Crippen LogP contribution in [0.4, 0.5) is 0 Å². The van der Waals surface area contributed by atoms with Crippen molar-refractivity contribution in [1.29, 1.82) is 0 Å². The number of aryl methyl sites for hydroxylation is 1. The van der Waals surface area contributed by atoms with E-state index in [1.54, 1.807) is 30.3 Å². The van der Waals surface area contributed by atoms with Crippen LogP contribution in [0, 0.1) is 6.92 Å². The third-order valence-corrected chi connectivity index (χ3v) is 7.61. The first-order valence-electron chi connectivity index (χ1n) is 8.51. The molecule has 1 atom stereocenters. The van der Waals surface area contributed by atoms with Crippen molar-refractivity contribution in [3.05, 3.63) is 87.2 Å². The predicted octanol–water partition coefficient (Wildman–Crippen LogP) is 4.16. The van der Waals surface area contributed by atoms with Crippen LogP contribution in [0.5, 0.6) is 0 Å². The van der Waals surface area contributed by atoms with Gasteiger partial charge in [-0.05, 0) is 46.1 Å². The molecule has 2 N–H and O–H groups in total. The van der Waals surface area contributed by atoms with Crippen LogP contribution in [0.15, 0.2) is 74.7 Å². The fourth-order valence-electron chi connectivity index (χ4n) is 2.57. The molecular weight excluding hydrogens is 460 g/mol. The van der Waals surface area contributed by atoms with Crippen molar-refractivity contribution in [3.8, 4) is 0 Å². The van der Waals surface area contributed by atoms with Crippen LogP contribution < -0.4 is 10.0 Å². The summed E-state index contributed by atoms with van der Waals surface area (Å²) in [7, 11) is -3.84. The number of rotatable bonds is 7. The Kier molecular flexibility index (Phi) is 6.66. The Morgan fingerprint density at radius 2 is 1.71 bits per heavy atom. The molecule has 0 aliphatic rings. The molecule has 1 heterocycles. The first-order chi connectivity index (χ1) is 13.3. The van der Waals surface area contributed by atoms with E-state index >= 15 is 0 Å². The van der Waals surface area contributed by atoms with Crippen molar-refractivity contribution >= 4 is 43.2 Å². The lowest BCUT2D eigenvalue weighted by atomic mass is 10.1. The maximum atomic E-state index is 12.9. The van der Waals surface area contributed by atoms with Crippen molar-refractivity contribution in [3.63, 3.8) is 0 Å². The number of carbonyl (C=O) groups is 1. The highest BCUT2D eigenvalue weighted by Crippen LogP contribution is 2.27. The number of amides is 1. The van der Waals surface area contributed by atoms with E-state index in [9.17, 15) is 13.2 Å². The molecule has 8 heteroatoms. The van der Waals surface area contributed by atoms with Gasteiger partial charge in [-0.2, -0.15) is 4.72 Å². The Labute approximate surface area is 177 Å². The molecule has 0 saturated carbocycles. The fourth-order valence-corrected chi connectivity index (χ4v) is 5.78. The molecular formula is C20H19BrN2O3S2. The number of halogens is 1. The van der Waals surface area contributed by atoms with Crippen LogP contribution in [0.1, 0.15) is 22.7 Å². The average molecular weight is 479 g/mol. The molecule has 0 spiro atoms. The van der Waals surface area contributed by atoms with Crippen molar-refractivity contribution in [2.45, 2.75) is 23.7 Å². The van der Waals surface area contributed by atoms with E-state index in [2.05, 4.69) is 26.0 Å². The molecule has 0 fully saturated rings. The summed E-state index contributed by atoms with van der Waals surface area (Å²) in [6.07, 6.45) is 0. The summed E-state index contributed by atoms with van der Waals surface area (Å²) in [4.78, 5) is 12.9. The molecule has 1 unspecified atom stereocenters. The second-order valence-electron chi connectivity index (χ2n) is 6.23. The first kappa shape index (κ1) is 20.7. The van der Waals surface area contributed by atoms with Gasteiger partial charge in [-0.1, -0.05) is 60.2 Å². The van der Waals surface area contributed by atoms with Crippen molar-refractivity contribution < 1.29 is 13.2 Å². The maximum Gasteiger partial charge on any atom is 0.251 e. The molecule has 0 radical (unpaired) electrons. The van der Waals surface area contributed by atoms with Gasteiger partial charge < -0.3 is 5.32 Å². The quantitative estimate of drug-likeness (QED) is 0.535. The molecule has 3 rings (SSSR count). The van der Waals surface area contributed by atoms with Gasteiger partial charge in [0.05, 0.1) is 3.79 Å². The lowest BCUT2D eigenvalue weighted by Gasteiger charge is -2.18. The minimum atomic E-state index is -3.84. The van der Waals surface area contributed by atoms with Gasteiger partial charge in [0.1, 0.15) is 10.3 Å². The average Bonchev–Trinajstić information content (AvgIpc) is 3.13. The molecule has 5 nitrogen and oxygen atoms in total. The highest BCUT2D eigenvalue weighted by atomic mass is 79.9. The van der Waals surface area contributed by atoms with Gasteiger partial charge in [0.25, 0.3) is 10.0 Å². The van der Waals surface area contributed by atoms with E-state index in [1.807, 2.05) is 37.3 Å². The van der Waals surface area contributed by atoms with Gasteiger partial charge >= 0.3 is 0 Å². The highest BCUT2D eigenvalue weighted by Gasteiger charge is 2.28. The molecule has 28 heavy (non-hydrogen) atoms. The molecule has 146 valence electrons. The van der Waals surface area contributed by atoms with E-state index in [1.165, 1.54) is 6.07 Å². The minimum Gasteiger partial charge on any atom is -0.350 e. The Morgan fingerprint density at radius 3 is 2.32 bits per heavy atom. The molecule has 0 saturated heterocycles. The molecule has 2 aromatic carbocycles. The predicted molar refractivity (Wildman–Crippen MR) is 115 cm³/mol. The van der Waals surface area contributed by atoms with Crippen LogP contribution in [0.25, 0.3) is 0 Å². The van der Waals surface area contributed by atoms with Gasteiger partial charge in [0, 0.05) is 6.54 Å². The Bertz CT molecular complexity index is 1050. The van der Waals surface area contributed by atoms with Gasteiger partial charge in [-0.3, -0.25) is 4.79 Å². The number of nitrogens with one attached hydrogen (secondary N) is 2. The van der Waals surface area contributed by atoms with Gasteiger partial charge in [-0.25, -0.2) is 8.42 Å². The van der Waals surface area contributed by atoms with Crippen LogP contribution in [-0.2, 0) is 21.4 Å². The van der Waals surface area contributed by atoms with Crippen molar-refractivity contribution in [1.82, 2.24) is 10.0 Å². The normalized spacial score (nSPS) is 12.5. The van der Waals surface area contributed by atoms with Gasteiger partial charge in [0.2, 0.25) is 5.91 Å². The van der Waals surface area contributed by atoms with Crippen LogP contribution in [0.3, 0.4) is 0 Å². The van der Waals surface area contributed by atoms with Crippen LogP contribution >= 0.6 is 27.3 Å². The van der Waals surface area contributed by atoms with E-state index in [-0.39, 0.29) is 4.21 Å². The van der Waals surface area contributed by atoms with Gasteiger partial charge in [-0.15, -0.1) is 11.3 Å². The number of sulfonamides is 1. The molecule has 1 aromatic heterocycles. The largest absolute Gasteiger partial charge is 0.350 e. The lowest BCUT2D eigenvalue weighted by molar-refractivity contribution is -0.123. The zero-order chi connectivity index (χ0) is 20.1. The van der Waals surface area contributed by atoms with E-state index in [0.29, 0.717) is 15.9 Å². The SMILES string of the molecule is Cc1ccc(CNC(=O)C(NS(=O)(=O)c2ccc(Br)s2)c2ccccc2)cc1. The van der Waals surface area contributed by atoms with E-state index < -0.39 is 22.0 Å². The molecule has 3 aromatic rings. The maximum absolute atomic E-state index is 12.9. The standard InChI is InChI=1S/C20H19BrN2O3S2/c1-14-7-9-15(10-8-14)13-22-20(24)19(16-5-3-2-4-6-16)23-28(25,26)18-12-11-17(21)27-18/h2-12,19,23H,13H2,1H3,(H,22,24). The zero-order valence-corrected chi connectivity index (χ0v) is 18.3. The fraction of sp³-hybridized carbons (Fsp3) is 0.150. The molecule has 0 aliphatic carbocycles. The van der Waals surface area contributed by atoms with E-state index in [4.69, 9.17) is 0 Å². The van der Waals surface area contributed by atoms with Crippen LogP contribution in [-0.4, -0.2) is 14.3 Å². The molecule has 0 aliphatic heterocycles. The Hall–Kier alpha value is -2.00. The zero-order valence-electron chi connectivity index (χ0n) is 15.1. The highest BCUT2D eigenvalue weighted by molar-refractivity contribution is 9.11. The van der Waals surface area contributed by atoms with Gasteiger partial charge in [0.15, 0.2) is 0 Å². The first-order valence-corrected chi connectivity index (χ1v) is 11.6. The number of hydrogen-bond acceptors (Lipinski definition) is 4. The summed E-state index contributed by atoms with van der Waals surface area (Å²) in [6.45, 7) is 2.31. The number of carbonyl (C=O) groups excluding carboxylic acids is 1. The number of benzene rings is 2. The number of hydrogen-bond donors (Lipinski definition) is 2. The topological polar surface area (TPSA) is 75.3 Å². The molecule has 0 bridgehead atoms. The minimum absolute atomic E-state index is 0.145. The van der Waals surface area contributed by atoms with Crippen molar-refractivity contribution in [2.75, 3.05) is 0 Å². The monoisotopic (exact) mass is 478 g/mol. The van der Waals surface area contributed by atoms with Crippen molar-refractivity contribution in [2.24, 2.45) is 0 Å². The van der Waals surface area contributed by atoms with Crippen LogP contribution in [0.2, 0.25) is 0 Å². The summed E-state index contributed by atoms with van der Waals surface area (Å²) < 4.78 is 28.9. The summed E-state index contributed by atoms with van der Waals surface area (Å²) >= 11 is 4.36. The summed E-state index contributed by atoms with van der Waals surface area (Å²) in [5, 5.41) is 2.82. The second kappa shape index (κ2) is 9.00. The third-order valence-electron chi connectivity index (χ3n) is 4.07. The number of thiophene rings is 1. The summed E-state index contributed by atoms with van der Waals surface area (Å²) in [5.74, 6) is -0.411. The third kappa shape index (κ3) is 5.29. The lowest BCUT2D eigenvalue weighted by Crippen LogP contribution is -2.40. The summed E-state index contributed by atoms with van der Waals surface area (Å²) in [6, 6.07) is 18.7. The second-order valence-corrected chi connectivity index (χ2v) is 10.6. The molecule has 1 amide bonds. The summed E-state index contributed by atoms with van der Waals surface area (Å²) in [5.41, 5.74) is 2.64. The Morgan fingerprint density at radius 1 is 1.04 bits per heavy atom. The van der Waals surface area contributed by atoms with E-state index in [0.717, 1.165) is 22.5 Å².